The van der Waals surface area contributed by atoms with Gasteiger partial charge < -0.3 is 10.6 Å². The third-order valence-corrected chi connectivity index (χ3v) is 3.40. The van der Waals surface area contributed by atoms with Gasteiger partial charge in [0.05, 0.1) is 4.48 Å². The Bertz CT molecular complexity index is 570. The van der Waals surface area contributed by atoms with Crippen LogP contribution in [0, 0.1) is 0 Å². The Kier molecular flexibility index (Phi) is 9.14. The van der Waals surface area contributed by atoms with Gasteiger partial charge in [0.2, 0.25) is 0 Å². The molecule has 13 heteroatoms. The van der Waals surface area contributed by atoms with E-state index in [-0.39, 0.29) is 4.48 Å². The van der Waals surface area contributed by atoms with Gasteiger partial charge >= 0.3 is 12.4 Å². The molecule has 0 heterocycles. The molecule has 0 aliphatic heterocycles. The molecule has 26 heavy (non-hydrogen) atoms. The summed E-state index contributed by atoms with van der Waals surface area (Å²) in [4.78, 5) is 14.8. The Morgan fingerprint density at radius 2 is 1.81 bits per heavy atom. The normalized spacial score (nSPS) is 15.3. The number of alkyl halides is 6. The lowest BCUT2D eigenvalue weighted by Gasteiger charge is -2.22. The number of hydrazine groups is 1. The topological polar surface area (TPSA) is 74.0 Å². The highest BCUT2D eigenvalue weighted by molar-refractivity contribution is 9.12. The van der Waals surface area contributed by atoms with Crippen molar-refractivity contribution in [2.75, 3.05) is 21.1 Å². The smallest absolute Gasteiger partial charge is 0.374 e. The van der Waals surface area contributed by atoms with Gasteiger partial charge in [-0.1, -0.05) is 6.08 Å². The molecule has 0 aromatic rings. The lowest BCUT2D eigenvalue weighted by Crippen LogP contribution is -2.33. The summed E-state index contributed by atoms with van der Waals surface area (Å²) in [6.07, 6.45) is -8.58. The highest BCUT2D eigenvalue weighted by atomic mass is 79.9. The Balaban J connectivity index is 5.53. The van der Waals surface area contributed by atoms with Crippen molar-refractivity contribution in [1.82, 2.24) is 15.3 Å². The van der Waals surface area contributed by atoms with Crippen molar-refractivity contribution in [1.29, 1.82) is 0 Å². The maximum absolute atomic E-state index is 13.0. The summed E-state index contributed by atoms with van der Waals surface area (Å²) in [6.45, 7) is 0. The second-order valence-corrected chi connectivity index (χ2v) is 5.87. The zero-order valence-corrected chi connectivity index (χ0v) is 15.6. The van der Waals surface area contributed by atoms with Gasteiger partial charge in [-0.05, 0) is 22.4 Å². The van der Waals surface area contributed by atoms with Gasteiger partial charge in [0.1, 0.15) is 12.0 Å². The van der Waals surface area contributed by atoms with E-state index in [0.717, 1.165) is 25.3 Å². The summed E-state index contributed by atoms with van der Waals surface area (Å²) in [5.74, 6) is -0.880. The maximum atomic E-state index is 13.0. The fourth-order valence-corrected chi connectivity index (χ4v) is 1.77. The van der Waals surface area contributed by atoms with Crippen molar-refractivity contribution in [3.8, 4) is 0 Å². The van der Waals surface area contributed by atoms with Crippen molar-refractivity contribution in [2.24, 2.45) is 10.7 Å². The van der Waals surface area contributed by atoms with E-state index in [9.17, 15) is 31.1 Å². The number of carbonyl (C=O) groups excluding carboxylic acids is 1. The molecule has 0 aliphatic rings. The van der Waals surface area contributed by atoms with Crippen LogP contribution in [0.2, 0.25) is 0 Å². The number of rotatable bonds is 8. The van der Waals surface area contributed by atoms with E-state index in [0.29, 0.717) is 17.3 Å². The average Bonchev–Trinajstić information content (AvgIpc) is 2.45. The molecule has 0 rings (SSSR count). The number of nitrogens with zero attached hydrogens (tertiary/aromatic N) is 3. The summed E-state index contributed by atoms with van der Waals surface area (Å²) in [5, 5.41) is 0.883. The molecule has 0 radical (unpaired) electrons. The van der Waals surface area contributed by atoms with Gasteiger partial charge in [0.15, 0.2) is 6.04 Å². The van der Waals surface area contributed by atoms with E-state index in [1.807, 2.05) is 0 Å². The van der Waals surface area contributed by atoms with Gasteiger partial charge in [-0.2, -0.15) is 26.3 Å². The first-order chi connectivity index (χ1) is 11.7. The first-order valence-corrected chi connectivity index (χ1v) is 7.67. The zero-order valence-electron chi connectivity index (χ0n) is 14.0. The first-order valence-electron chi connectivity index (χ1n) is 6.87. The quantitative estimate of drug-likeness (QED) is 0.195. The second-order valence-electron chi connectivity index (χ2n) is 5.01. The molecule has 0 saturated carbocycles. The number of aliphatic imine (C=N–C) groups is 1. The molecule has 1 atom stereocenters. The van der Waals surface area contributed by atoms with Gasteiger partial charge in [0.25, 0.3) is 5.91 Å². The monoisotopic (exact) mass is 453 g/mol. The van der Waals surface area contributed by atoms with E-state index >= 15 is 0 Å². The van der Waals surface area contributed by atoms with Crippen LogP contribution in [-0.4, -0.2) is 61.7 Å². The van der Waals surface area contributed by atoms with Crippen LogP contribution in [0.4, 0.5) is 26.3 Å². The maximum Gasteiger partial charge on any atom is 0.430 e. The Labute approximate surface area is 154 Å². The minimum absolute atomic E-state index is 0.159. The van der Waals surface area contributed by atoms with Crippen molar-refractivity contribution in [2.45, 2.75) is 24.8 Å². The summed E-state index contributed by atoms with van der Waals surface area (Å²) in [7, 11) is 3.46. The standard InChI is InChI=1S/C13H18BrF6N5O/c1-22-25(6-8(14)11(21)26)7-23-9(12(15,16)17)4-5-10(24(2)3)13(18,19)20/h5-7,9,22H,4H2,1-3H3,(H2,21,26)/b8-6+,10-5-,23-7?. The highest BCUT2D eigenvalue weighted by Crippen LogP contribution is 2.30. The fraction of sp³-hybridized carbons (Fsp3) is 0.538. The molecule has 1 amide bonds. The van der Waals surface area contributed by atoms with Gasteiger partial charge in [-0.25, -0.2) is 5.43 Å². The summed E-state index contributed by atoms with van der Waals surface area (Å²) in [6, 6.07) is -2.42. The average molecular weight is 454 g/mol. The number of allylic oxidation sites excluding steroid dienone is 1. The van der Waals surface area contributed by atoms with Crippen molar-refractivity contribution < 1.29 is 31.1 Å². The van der Waals surface area contributed by atoms with E-state index in [2.05, 4.69) is 26.3 Å². The first kappa shape index (κ1) is 24.2. The Morgan fingerprint density at radius 1 is 1.27 bits per heavy atom. The van der Waals surface area contributed by atoms with Crippen molar-refractivity contribution in [3.05, 3.63) is 22.5 Å². The Morgan fingerprint density at radius 3 is 2.15 bits per heavy atom. The lowest BCUT2D eigenvalue weighted by atomic mass is 10.1. The molecule has 1 unspecified atom stereocenters. The van der Waals surface area contributed by atoms with Crippen LogP contribution in [-0.2, 0) is 4.79 Å². The summed E-state index contributed by atoms with van der Waals surface area (Å²) >= 11 is 2.80. The van der Waals surface area contributed by atoms with Crippen LogP contribution < -0.4 is 11.2 Å². The molecule has 0 fully saturated rings. The minimum atomic E-state index is -4.87. The molecule has 0 bridgehead atoms. The van der Waals surface area contributed by atoms with Gasteiger partial charge in [0, 0.05) is 27.3 Å². The number of nitrogens with two attached hydrogens (primary N) is 1. The number of hydrogen-bond acceptors (Lipinski definition) is 4. The molecular formula is C13H18BrF6N5O. The largest absolute Gasteiger partial charge is 0.430 e. The van der Waals surface area contributed by atoms with Crippen LogP contribution in [0.5, 0.6) is 0 Å². The highest BCUT2D eigenvalue weighted by Gasteiger charge is 2.40. The molecule has 3 N–H and O–H groups in total. The van der Waals surface area contributed by atoms with E-state index in [1.165, 1.54) is 7.05 Å². The van der Waals surface area contributed by atoms with E-state index < -0.39 is 36.4 Å². The lowest BCUT2D eigenvalue weighted by molar-refractivity contribution is -0.146. The number of nitrogens with one attached hydrogen (secondary N) is 1. The predicted molar refractivity (Wildman–Crippen MR) is 87.9 cm³/mol. The van der Waals surface area contributed by atoms with E-state index in [4.69, 9.17) is 5.73 Å². The SMILES string of the molecule is CNN(C=NC(C/C=C(\N(C)C)C(F)(F)F)C(F)(F)F)/C=C(/Br)C(N)=O. The molecular weight excluding hydrogens is 436 g/mol. The third kappa shape index (κ3) is 8.56. The van der Waals surface area contributed by atoms with Crippen LogP contribution >= 0.6 is 15.9 Å². The molecule has 150 valence electrons. The number of halogens is 7. The zero-order chi connectivity index (χ0) is 20.7. The minimum Gasteiger partial charge on any atom is -0.374 e. The van der Waals surface area contributed by atoms with E-state index in [1.54, 1.807) is 0 Å². The molecule has 0 spiro atoms. The van der Waals surface area contributed by atoms with Crippen LogP contribution in [0.1, 0.15) is 6.42 Å². The summed E-state index contributed by atoms with van der Waals surface area (Å²) < 4.78 is 77.4. The molecule has 0 aliphatic carbocycles. The number of hydrogen-bond donors (Lipinski definition) is 2. The molecule has 0 aromatic carbocycles. The van der Waals surface area contributed by atoms with Gasteiger partial charge in [-0.3, -0.25) is 14.8 Å². The van der Waals surface area contributed by atoms with Crippen LogP contribution in [0.25, 0.3) is 0 Å². The number of primary amides is 1. The second kappa shape index (κ2) is 9.80. The number of amides is 1. The predicted octanol–water partition coefficient (Wildman–Crippen LogP) is 2.50. The van der Waals surface area contributed by atoms with Crippen LogP contribution in [0.3, 0.4) is 0 Å². The van der Waals surface area contributed by atoms with Crippen molar-refractivity contribution in [3.63, 3.8) is 0 Å². The summed E-state index contributed by atoms with van der Waals surface area (Å²) in [5.41, 5.74) is 6.14. The Hall–Kier alpha value is -1.76. The van der Waals surface area contributed by atoms with Crippen molar-refractivity contribution >= 4 is 28.2 Å². The third-order valence-electron chi connectivity index (χ3n) is 2.80. The molecule has 0 aromatic heterocycles. The number of carbonyl (C=O) groups is 1. The fourth-order valence-electron chi connectivity index (χ4n) is 1.55. The van der Waals surface area contributed by atoms with Gasteiger partial charge in [-0.15, -0.1) is 0 Å². The molecule has 6 nitrogen and oxygen atoms in total. The van der Waals surface area contributed by atoms with Crippen LogP contribution in [0.15, 0.2) is 27.4 Å². The molecule has 0 saturated heterocycles.